The molecule has 1 saturated heterocycles. The van der Waals surface area contributed by atoms with Crippen LogP contribution in [0.4, 0.5) is 10.1 Å². The minimum Gasteiger partial charge on any atom is -0.348 e. The number of nitrogens with one attached hydrogen (secondary N) is 1. The fourth-order valence-electron chi connectivity index (χ4n) is 3.27. The molecule has 1 aromatic heterocycles. The molecule has 28 heavy (non-hydrogen) atoms. The highest BCUT2D eigenvalue weighted by Crippen LogP contribution is 2.21. The summed E-state index contributed by atoms with van der Waals surface area (Å²) in [6, 6.07) is 11.8. The fourth-order valence-corrected chi connectivity index (χ4v) is 3.27. The Bertz CT molecular complexity index is 1000. The maximum absolute atomic E-state index is 14.3. The summed E-state index contributed by atoms with van der Waals surface area (Å²) in [6.45, 7) is 0.928. The molecule has 142 valence electrons. The predicted molar refractivity (Wildman–Crippen MR) is 103 cm³/mol. The number of amides is 2. The molecule has 1 aliphatic rings. The highest BCUT2D eigenvalue weighted by molar-refractivity contribution is 5.97. The van der Waals surface area contributed by atoms with E-state index in [1.54, 1.807) is 58.3 Å². The lowest BCUT2D eigenvalue weighted by Gasteiger charge is -2.15. The first-order valence-electron chi connectivity index (χ1n) is 9.07. The molecule has 2 aromatic carbocycles. The minimum atomic E-state index is -0.385. The van der Waals surface area contributed by atoms with Crippen molar-refractivity contribution >= 4 is 17.5 Å². The monoisotopic (exact) mass is 378 g/mol. The summed E-state index contributed by atoms with van der Waals surface area (Å²) in [5, 5.41) is 2.79. The molecule has 0 atom stereocenters. The third-order valence-corrected chi connectivity index (χ3v) is 4.76. The molecule has 4 rings (SSSR count). The summed E-state index contributed by atoms with van der Waals surface area (Å²) in [5.74, 6) is -0.527. The molecule has 2 heterocycles. The highest BCUT2D eigenvalue weighted by Gasteiger charge is 2.21. The van der Waals surface area contributed by atoms with Crippen molar-refractivity contribution in [2.75, 3.05) is 11.4 Å². The molecule has 0 spiro atoms. The minimum absolute atomic E-state index is 0.110. The van der Waals surface area contributed by atoms with Gasteiger partial charge in [0.05, 0.1) is 12.0 Å². The molecule has 0 radical (unpaired) electrons. The maximum atomic E-state index is 14.3. The van der Waals surface area contributed by atoms with Crippen molar-refractivity contribution < 1.29 is 14.0 Å². The van der Waals surface area contributed by atoms with Crippen LogP contribution < -0.4 is 10.2 Å². The van der Waals surface area contributed by atoms with Crippen LogP contribution in [0, 0.1) is 5.82 Å². The van der Waals surface area contributed by atoms with E-state index in [9.17, 15) is 14.0 Å². The zero-order valence-electron chi connectivity index (χ0n) is 15.1. The Morgan fingerprint density at radius 3 is 2.64 bits per heavy atom. The van der Waals surface area contributed by atoms with E-state index in [-0.39, 0.29) is 24.2 Å². The first-order chi connectivity index (χ1) is 13.6. The van der Waals surface area contributed by atoms with Gasteiger partial charge >= 0.3 is 0 Å². The molecule has 0 bridgehead atoms. The van der Waals surface area contributed by atoms with Gasteiger partial charge in [-0.1, -0.05) is 6.07 Å². The van der Waals surface area contributed by atoms with E-state index >= 15 is 0 Å². The predicted octanol–water partition coefficient (Wildman–Crippen LogP) is 3.07. The molecule has 6 nitrogen and oxygen atoms in total. The number of halogens is 1. The lowest BCUT2D eigenvalue weighted by Crippen LogP contribution is -2.25. The van der Waals surface area contributed by atoms with Gasteiger partial charge in [-0.2, -0.15) is 0 Å². The van der Waals surface area contributed by atoms with Crippen LogP contribution in [-0.4, -0.2) is 27.9 Å². The highest BCUT2D eigenvalue weighted by atomic mass is 19.1. The molecule has 1 N–H and O–H groups in total. The number of aromatic nitrogens is 2. The van der Waals surface area contributed by atoms with Crippen LogP contribution in [0.3, 0.4) is 0 Å². The van der Waals surface area contributed by atoms with Crippen molar-refractivity contribution in [1.29, 1.82) is 0 Å². The summed E-state index contributed by atoms with van der Waals surface area (Å²) in [6.07, 6.45) is 6.20. The molecule has 3 aromatic rings. The van der Waals surface area contributed by atoms with Crippen LogP contribution in [0.5, 0.6) is 0 Å². The van der Waals surface area contributed by atoms with E-state index in [0.717, 1.165) is 12.1 Å². The van der Waals surface area contributed by atoms with Gasteiger partial charge in [-0.15, -0.1) is 0 Å². The van der Waals surface area contributed by atoms with Gasteiger partial charge in [0.25, 0.3) is 5.91 Å². The normalized spacial score (nSPS) is 13.8. The lowest BCUT2D eigenvalue weighted by molar-refractivity contribution is -0.117. The number of rotatable bonds is 5. The zero-order chi connectivity index (χ0) is 19.5. The van der Waals surface area contributed by atoms with E-state index in [1.807, 2.05) is 0 Å². The lowest BCUT2D eigenvalue weighted by atomic mass is 10.1. The van der Waals surface area contributed by atoms with E-state index in [1.165, 1.54) is 12.4 Å². The summed E-state index contributed by atoms with van der Waals surface area (Å²) in [5.41, 5.74) is 2.36. The molecule has 1 aliphatic heterocycles. The van der Waals surface area contributed by atoms with Crippen molar-refractivity contribution in [3.05, 3.63) is 78.1 Å². The molecule has 0 aliphatic carbocycles. The van der Waals surface area contributed by atoms with Gasteiger partial charge in [-0.25, -0.2) is 9.37 Å². The molecular formula is C21H19FN4O2. The summed E-state index contributed by atoms with van der Waals surface area (Å²) in [7, 11) is 0. The Labute approximate surface area is 161 Å². The fraction of sp³-hybridized carbons (Fsp3) is 0.190. The Balaban J connectivity index is 1.39. The van der Waals surface area contributed by atoms with E-state index in [4.69, 9.17) is 0 Å². The van der Waals surface area contributed by atoms with Crippen molar-refractivity contribution in [3.8, 4) is 5.69 Å². The maximum Gasteiger partial charge on any atom is 0.251 e. The van der Waals surface area contributed by atoms with Crippen molar-refractivity contribution in [2.45, 2.75) is 19.4 Å². The summed E-state index contributed by atoms with van der Waals surface area (Å²) >= 11 is 0. The number of nitrogens with zero attached hydrogens (tertiary/aromatic N) is 3. The van der Waals surface area contributed by atoms with Gasteiger partial charge in [0, 0.05) is 43.2 Å². The third-order valence-electron chi connectivity index (χ3n) is 4.76. The Morgan fingerprint density at radius 1 is 1.18 bits per heavy atom. The number of carbonyl (C=O) groups is 2. The van der Waals surface area contributed by atoms with E-state index < -0.39 is 0 Å². The van der Waals surface area contributed by atoms with Crippen LogP contribution in [0.15, 0.2) is 61.2 Å². The smallest absolute Gasteiger partial charge is 0.251 e. The second-order valence-electron chi connectivity index (χ2n) is 6.63. The first kappa shape index (κ1) is 17.9. The first-order valence-corrected chi connectivity index (χ1v) is 9.07. The van der Waals surface area contributed by atoms with Gasteiger partial charge in [0.2, 0.25) is 5.91 Å². The molecular weight excluding hydrogens is 359 g/mol. The molecule has 0 unspecified atom stereocenters. The number of hydrogen-bond acceptors (Lipinski definition) is 3. The zero-order valence-corrected chi connectivity index (χ0v) is 15.1. The van der Waals surface area contributed by atoms with Gasteiger partial charge < -0.3 is 14.8 Å². The number of anilines is 1. The molecule has 0 saturated carbocycles. The summed E-state index contributed by atoms with van der Waals surface area (Å²) in [4.78, 5) is 29.8. The van der Waals surface area contributed by atoms with Crippen LogP contribution in [0.2, 0.25) is 0 Å². The van der Waals surface area contributed by atoms with Crippen molar-refractivity contribution in [2.24, 2.45) is 0 Å². The largest absolute Gasteiger partial charge is 0.348 e. The standard InChI is InChI=1S/C21H19FN4O2/c22-18-12-15(3-8-19(18)25-11-9-23-14-25)13-24-21(28)16-4-6-17(7-5-16)26-10-1-2-20(26)27/h3-9,11-12,14H,1-2,10,13H2,(H,24,28). The van der Waals surface area contributed by atoms with Gasteiger partial charge in [-0.3, -0.25) is 9.59 Å². The van der Waals surface area contributed by atoms with Crippen molar-refractivity contribution in [3.63, 3.8) is 0 Å². The Morgan fingerprint density at radius 2 is 2.00 bits per heavy atom. The van der Waals surface area contributed by atoms with Gasteiger partial charge in [0.1, 0.15) is 5.82 Å². The second kappa shape index (κ2) is 7.64. The average Bonchev–Trinajstić information content (AvgIpc) is 3.38. The van der Waals surface area contributed by atoms with E-state index in [0.29, 0.717) is 29.8 Å². The Hall–Kier alpha value is -3.48. The van der Waals surface area contributed by atoms with Crippen LogP contribution in [0.1, 0.15) is 28.8 Å². The van der Waals surface area contributed by atoms with E-state index in [2.05, 4.69) is 10.3 Å². The molecule has 1 fully saturated rings. The number of hydrogen-bond donors (Lipinski definition) is 1. The average molecular weight is 378 g/mol. The summed E-state index contributed by atoms with van der Waals surface area (Å²) < 4.78 is 15.9. The van der Waals surface area contributed by atoms with Crippen molar-refractivity contribution in [1.82, 2.24) is 14.9 Å². The number of carbonyl (C=O) groups excluding carboxylic acids is 2. The topological polar surface area (TPSA) is 67.2 Å². The van der Waals surface area contributed by atoms with Gasteiger partial charge in [-0.05, 0) is 48.4 Å². The molecule has 2 amide bonds. The van der Waals surface area contributed by atoms with Crippen LogP contribution in [0.25, 0.3) is 5.69 Å². The number of imidazole rings is 1. The number of benzene rings is 2. The Kier molecular flexibility index (Phi) is 4.89. The second-order valence-corrected chi connectivity index (χ2v) is 6.63. The third kappa shape index (κ3) is 3.64. The van der Waals surface area contributed by atoms with Gasteiger partial charge in [0.15, 0.2) is 0 Å². The SMILES string of the molecule is O=C(NCc1ccc(-n2ccnc2)c(F)c1)c1ccc(N2CCCC2=O)cc1. The van der Waals surface area contributed by atoms with Crippen LogP contribution in [-0.2, 0) is 11.3 Å². The molecule has 7 heteroatoms. The quantitative estimate of drug-likeness (QED) is 0.742. The van der Waals surface area contributed by atoms with Crippen LogP contribution >= 0.6 is 0 Å².